The van der Waals surface area contributed by atoms with E-state index in [9.17, 15) is 33.9 Å². The third-order valence-corrected chi connectivity index (χ3v) is 7.26. The van der Waals surface area contributed by atoms with Gasteiger partial charge in [-0.05, 0) is 49.2 Å². The molecular formula is C38H35NO11. The molecule has 12 nitrogen and oxygen atoms in total. The van der Waals surface area contributed by atoms with Crippen molar-refractivity contribution >= 4 is 35.8 Å². The Bertz CT molecular complexity index is 1790. The lowest BCUT2D eigenvalue weighted by Crippen LogP contribution is -2.54. The highest BCUT2D eigenvalue weighted by molar-refractivity contribution is 5.98. The molecule has 1 unspecified atom stereocenters. The van der Waals surface area contributed by atoms with Crippen LogP contribution in [-0.4, -0.2) is 59.1 Å². The number of ether oxygens (including phenoxy) is 4. The average molecular weight is 682 g/mol. The zero-order valence-electron chi connectivity index (χ0n) is 27.3. The van der Waals surface area contributed by atoms with E-state index in [-0.39, 0.29) is 24.3 Å². The lowest BCUT2D eigenvalue weighted by molar-refractivity contribution is -0.161. The lowest BCUT2D eigenvalue weighted by atomic mass is 10.1. The Hall–Kier alpha value is -6.30. The molecule has 0 radical (unpaired) electrons. The van der Waals surface area contributed by atoms with Crippen LogP contribution in [0.2, 0.25) is 0 Å². The molecule has 0 spiro atoms. The fourth-order valence-electron chi connectivity index (χ4n) is 4.48. The van der Waals surface area contributed by atoms with Crippen molar-refractivity contribution in [2.24, 2.45) is 0 Å². The van der Waals surface area contributed by atoms with Gasteiger partial charge in [0.2, 0.25) is 12.2 Å². The number of benzene rings is 4. The highest BCUT2D eigenvalue weighted by atomic mass is 16.6. The smallest absolute Gasteiger partial charge is 0.349 e. The van der Waals surface area contributed by atoms with Crippen LogP contribution in [0.3, 0.4) is 0 Å². The van der Waals surface area contributed by atoms with Gasteiger partial charge in [0.1, 0.15) is 19.3 Å². The highest BCUT2D eigenvalue weighted by Crippen LogP contribution is 2.16. The fraction of sp³-hybridized carbons (Fsp3) is 0.211. The molecule has 0 fully saturated rings. The van der Waals surface area contributed by atoms with E-state index in [1.807, 2.05) is 0 Å². The molecule has 2 N–H and O–H groups in total. The minimum Gasteiger partial charge on any atom is -0.478 e. The number of carboxylic acids is 1. The van der Waals surface area contributed by atoms with Crippen molar-refractivity contribution in [3.8, 4) is 0 Å². The van der Waals surface area contributed by atoms with Crippen LogP contribution in [0.15, 0.2) is 109 Å². The monoisotopic (exact) mass is 681 g/mol. The number of aliphatic carboxylic acids is 1. The molecule has 50 heavy (non-hydrogen) atoms. The van der Waals surface area contributed by atoms with Gasteiger partial charge in [-0.3, -0.25) is 9.59 Å². The van der Waals surface area contributed by atoms with Crippen LogP contribution < -0.4 is 5.32 Å². The van der Waals surface area contributed by atoms with Gasteiger partial charge >= 0.3 is 29.8 Å². The summed E-state index contributed by atoms with van der Waals surface area (Å²) < 4.78 is 21.2. The summed E-state index contributed by atoms with van der Waals surface area (Å²) in [6.45, 7) is 3.20. The molecular weight excluding hydrogens is 646 g/mol. The molecule has 0 saturated heterocycles. The van der Waals surface area contributed by atoms with Crippen LogP contribution in [0.25, 0.3) is 0 Å². The van der Waals surface area contributed by atoms with E-state index in [0.717, 1.165) is 11.1 Å². The second-order valence-electron chi connectivity index (χ2n) is 11.2. The van der Waals surface area contributed by atoms with E-state index in [2.05, 4.69) is 5.32 Å². The van der Waals surface area contributed by atoms with E-state index >= 15 is 0 Å². The molecule has 4 aromatic rings. The molecule has 0 aliphatic carbocycles. The molecule has 258 valence electrons. The second-order valence-corrected chi connectivity index (χ2v) is 11.2. The third kappa shape index (κ3) is 10.9. The van der Waals surface area contributed by atoms with E-state index in [1.165, 1.54) is 24.3 Å². The largest absolute Gasteiger partial charge is 0.478 e. The number of hydrogen-bond acceptors (Lipinski definition) is 10. The zero-order valence-corrected chi connectivity index (χ0v) is 27.3. The SMILES string of the molecule is Cc1ccc(C(=O)O[C@H](C(=O)NC(CC(=O)OCc2ccccc2)C(=O)OCc2ccccc2)[C@@H](OC(=O)c2ccc(C)cc2)C(=O)O)cc1. The van der Waals surface area contributed by atoms with Crippen LogP contribution in [-0.2, 0) is 51.3 Å². The van der Waals surface area contributed by atoms with Crippen molar-refractivity contribution in [3.63, 3.8) is 0 Å². The summed E-state index contributed by atoms with van der Waals surface area (Å²) in [5.74, 6) is -7.38. The molecule has 0 aliphatic rings. The Morgan fingerprint density at radius 3 is 1.50 bits per heavy atom. The molecule has 3 atom stereocenters. The standard InChI is InChI=1S/C38H35NO11/c1-24-13-17-28(18-14-24)36(44)49-32(33(35(42)43)50-37(45)29-19-15-25(2)16-20-29)34(41)39-30(38(46)48-23-27-11-7-4-8-12-27)21-31(40)47-22-26-9-5-3-6-10-26/h3-20,30,32-33H,21-23H2,1-2H3,(H,39,41)(H,42,43)/t30?,32-,33+/m0/s1. The van der Waals surface area contributed by atoms with E-state index in [1.54, 1.807) is 98.8 Å². The predicted molar refractivity (Wildman–Crippen MR) is 177 cm³/mol. The van der Waals surface area contributed by atoms with E-state index in [4.69, 9.17) is 18.9 Å². The summed E-state index contributed by atoms with van der Waals surface area (Å²) >= 11 is 0. The molecule has 0 aliphatic heterocycles. The Morgan fingerprint density at radius 2 is 1.04 bits per heavy atom. The van der Waals surface area contributed by atoms with Crippen LogP contribution in [0.1, 0.15) is 49.4 Å². The Labute approximate surface area is 287 Å². The molecule has 0 heterocycles. The minimum atomic E-state index is -2.37. The number of carbonyl (C=O) groups is 6. The van der Waals surface area contributed by atoms with Crippen LogP contribution in [0.5, 0.6) is 0 Å². The van der Waals surface area contributed by atoms with Gasteiger partial charge in [0.05, 0.1) is 17.5 Å². The fourth-order valence-corrected chi connectivity index (χ4v) is 4.48. The number of esters is 4. The normalized spacial score (nSPS) is 12.4. The number of hydrogen-bond donors (Lipinski definition) is 2. The van der Waals surface area contributed by atoms with Gasteiger partial charge in [-0.25, -0.2) is 19.2 Å². The molecule has 4 rings (SSSR count). The van der Waals surface area contributed by atoms with Gasteiger partial charge < -0.3 is 29.4 Å². The van der Waals surface area contributed by atoms with Crippen molar-refractivity contribution in [2.75, 3.05) is 0 Å². The van der Waals surface area contributed by atoms with Crippen LogP contribution >= 0.6 is 0 Å². The summed E-state index contributed by atoms with van der Waals surface area (Å²) in [5, 5.41) is 12.4. The molecule has 4 aromatic carbocycles. The molecule has 1 amide bonds. The quantitative estimate of drug-likeness (QED) is 0.134. The van der Waals surface area contributed by atoms with Crippen molar-refractivity contribution in [1.29, 1.82) is 0 Å². The van der Waals surface area contributed by atoms with Crippen molar-refractivity contribution in [2.45, 2.75) is 51.7 Å². The Balaban J connectivity index is 1.60. The van der Waals surface area contributed by atoms with Crippen LogP contribution in [0, 0.1) is 13.8 Å². The van der Waals surface area contributed by atoms with Gasteiger partial charge in [0, 0.05) is 0 Å². The molecule has 0 aromatic heterocycles. The molecule has 12 heteroatoms. The molecule has 0 saturated carbocycles. The lowest BCUT2D eigenvalue weighted by Gasteiger charge is -2.25. The van der Waals surface area contributed by atoms with Gasteiger partial charge in [0.25, 0.3) is 5.91 Å². The summed E-state index contributed by atoms with van der Waals surface area (Å²) in [6, 6.07) is 27.5. The van der Waals surface area contributed by atoms with Gasteiger partial charge in [-0.1, -0.05) is 96.1 Å². The number of nitrogens with one attached hydrogen (secondary N) is 1. The second kappa shape index (κ2) is 17.7. The zero-order chi connectivity index (χ0) is 36.0. The number of rotatable bonds is 15. The number of amides is 1. The third-order valence-electron chi connectivity index (χ3n) is 7.26. The Kier molecular flexibility index (Phi) is 13.0. The predicted octanol–water partition coefficient (Wildman–Crippen LogP) is 4.50. The Morgan fingerprint density at radius 1 is 0.600 bits per heavy atom. The summed E-state index contributed by atoms with van der Waals surface area (Å²) in [6.07, 6.45) is -5.42. The number of aryl methyl sites for hydroxylation is 2. The average Bonchev–Trinajstić information content (AvgIpc) is 3.12. The van der Waals surface area contributed by atoms with E-state index in [0.29, 0.717) is 11.1 Å². The van der Waals surface area contributed by atoms with Crippen molar-refractivity contribution in [1.82, 2.24) is 5.32 Å². The first-order chi connectivity index (χ1) is 24.0. The van der Waals surface area contributed by atoms with Gasteiger partial charge in [-0.15, -0.1) is 0 Å². The van der Waals surface area contributed by atoms with E-state index < -0.39 is 60.4 Å². The summed E-state index contributed by atoms with van der Waals surface area (Å²) in [5.41, 5.74) is 2.82. The summed E-state index contributed by atoms with van der Waals surface area (Å²) in [7, 11) is 0. The first kappa shape index (κ1) is 36.5. The van der Waals surface area contributed by atoms with Crippen molar-refractivity contribution in [3.05, 3.63) is 143 Å². The maximum absolute atomic E-state index is 13.8. The highest BCUT2D eigenvalue weighted by Gasteiger charge is 2.42. The van der Waals surface area contributed by atoms with Crippen LogP contribution in [0.4, 0.5) is 0 Å². The topological polar surface area (TPSA) is 172 Å². The maximum Gasteiger partial charge on any atom is 0.349 e. The number of carboxylic acid groups (broad SMARTS) is 1. The first-order valence-electron chi connectivity index (χ1n) is 15.5. The number of carbonyl (C=O) groups excluding carboxylic acids is 5. The van der Waals surface area contributed by atoms with Gasteiger partial charge in [0.15, 0.2) is 0 Å². The minimum absolute atomic E-state index is 0.0330. The first-order valence-corrected chi connectivity index (χ1v) is 15.5. The maximum atomic E-state index is 13.8. The van der Waals surface area contributed by atoms with Gasteiger partial charge in [-0.2, -0.15) is 0 Å². The summed E-state index contributed by atoms with van der Waals surface area (Å²) in [4.78, 5) is 78.6. The molecule has 0 bridgehead atoms. The van der Waals surface area contributed by atoms with Crippen molar-refractivity contribution < 1.29 is 52.8 Å².